The summed E-state index contributed by atoms with van der Waals surface area (Å²) in [6.07, 6.45) is 14.0. The molecule has 0 bridgehead atoms. The van der Waals surface area contributed by atoms with E-state index in [0.717, 1.165) is 16.0 Å². The van der Waals surface area contributed by atoms with Crippen LogP contribution in [0.15, 0.2) is 47.1 Å². The molecular formula is C19H22N8S. The Morgan fingerprint density at radius 2 is 2.00 bits per heavy atom. The van der Waals surface area contributed by atoms with Gasteiger partial charge in [-0.25, -0.2) is 15.0 Å². The van der Waals surface area contributed by atoms with Crippen LogP contribution < -0.4 is 16.4 Å². The third-order valence-electron chi connectivity index (χ3n) is 4.58. The first-order valence-electron chi connectivity index (χ1n) is 9.31. The van der Waals surface area contributed by atoms with Gasteiger partial charge in [0.05, 0.1) is 40.2 Å². The van der Waals surface area contributed by atoms with E-state index < -0.39 is 0 Å². The Balaban J connectivity index is 1.55. The normalized spacial score (nSPS) is 15.9. The van der Waals surface area contributed by atoms with Gasteiger partial charge in [-0.2, -0.15) is 4.98 Å². The fourth-order valence-electron chi connectivity index (χ4n) is 3.21. The van der Waals surface area contributed by atoms with Crippen molar-refractivity contribution in [3.63, 3.8) is 0 Å². The number of nitrogens with one attached hydrogen (secondary N) is 2. The van der Waals surface area contributed by atoms with Crippen LogP contribution in [0.25, 0.3) is 10.2 Å². The maximum atomic E-state index is 5.75. The Morgan fingerprint density at radius 3 is 2.79 bits per heavy atom. The maximum Gasteiger partial charge on any atom is 0.229 e. The molecule has 0 spiro atoms. The van der Waals surface area contributed by atoms with Crippen LogP contribution in [-0.4, -0.2) is 32.2 Å². The SMILES string of the molecule is NC=C(C=Nc1cncnc1)Nc1nc(NC2CCCCC2)c2sccc2n1. The molecular weight excluding hydrogens is 372 g/mol. The smallest absolute Gasteiger partial charge is 0.229 e. The van der Waals surface area contributed by atoms with Gasteiger partial charge in [-0.15, -0.1) is 11.3 Å². The Hall–Kier alpha value is -3.07. The molecule has 0 saturated heterocycles. The lowest BCUT2D eigenvalue weighted by atomic mass is 9.95. The van der Waals surface area contributed by atoms with Gasteiger partial charge in [0.15, 0.2) is 0 Å². The highest BCUT2D eigenvalue weighted by Gasteiger charge is 2.17. The van der Waals surface area contributed by atoms with Gasteiger partial charge in [0.1, 0.15) is 12.1 Å². The summed E-state index contributed by atoms with van der Waals surface area (Å²) in [5, 5.41) is 8.80. The van der Waals surface area contributed by atoms with Gasteiger partial charge in [0.2, 0.25) is 5.95 Å². The summed E-state index contributed by atoms with van der Waals surface area (Å²) in [4.78, 5) is 21.5. The highest BCUT2D eigenvalue weighted by Crippen LogP contribution is 2.30. The average molecular weight is 395 g/mol. The number of thiophene rings is 1. The van der Waals surface area contributed by atoms with Crippen molar-refractivity contribution in [2.24, 2.45) is 10.7 Å². The van der Waals surface area contributed by atoms with Crippen molar-refractivity contribution in [1.82, 2.24) is 19.9 Å². The highest BCUT2D eigenvalue weighted by molar-refractivity contribution is 7.17. The quantitative estimate of drug-likeness (QED) is 0.544. The molecule has 1 aliphatic rings. The summed E-state index contributed by atoms with van der Waals surface area (Å²) in [5.41, 5.74) is 7.88. The summed E-state index contributed by atoms with van der Waals surface area (Å²) in [7, 11) is 0. The molecule has 0 radical (unpaired) electrons. The predicted octanol–water partition coefficient (Wildman–Crippen LogP) is 3.84. The predicted molar refractivity (Wildman–Crippen MR) is 114 cm³/mol. The molecule has 1 fully saturated rings. The van der Waals surface area contributed by atoms with E-state index in [1.54, 1.807) is 29.9 Å². The van der Waals surface area contributed by atoms with Crippen LogP contribution in [0.4, 0.5) is 17.5 Å². The number of anilines is 2. The van der Waals surface area contributed by atoms with Crippen molar-refractivity contribution in [1.29, 1.82) is 0 Å². The van der Waals surface area contributed by atoms with Crippen molar-refractivity contribution in [2.45, 2.75) is 38.1 Å². The third-order valence-corrected chi connectivity index (χ3v) is 5.50. The van der Waals surface area contributed by atoms with Gasteiger partial charge in [-0.3, -0.25) is 4.99 Å². The molecule has 28 heavy (non-hydrogen) atoms. The molecule has 0 aliphatic heterocycles. The minimum Gasteiger partial charge on any atom is -0.403 e. The number of nitrogens with zero attached hydrogens (tertiary/aromatic N) is 5. The van der Waals surface area contributed by atoms with E-state index in [1.165, 1.54) is 44.6 Å². The molecule has 4 N–H and O–H groups in total. The molecule has 0 amide bonds. The first-order chi connectivity index (χ1) is 13.8. The number of hydrogen-bond acceptors (Lipinski definition) is 9. The minimum absolute atomic E-state index is 0.464. The molecule has 9 heteroatoms. The van der Waals surface area contributed by atoms with E-state index in [4.69, 9.17) is 10.7 Å². The zero-order valence-electron chi connectivity index (χ0n) is 15.4. The third kappa shape index (κ3) is 4.42. The number of hydrogen-bond donors (Lipinski definition) is 3. The van der Waals surface area contributed by atoms with Gasteiger partial charge in [0.25, 0.3) is 0 Å². The van der Waals surface area contributed by atoms with Gasteiger partial charge in [0, 0.05) is 12.2 Å². The summed E-state index contributed by atoms with van der Waals surface area (Å²) in [5.74, 6) is 1.36. The van der Waals surface area contributed by atoms with Crippen LogP contribution in [0.1, 0.15) is 32.1 Å². The van der Waals surface area contributed by atoms with E-state index in [9.17, 15) is 0 Å². The Labute approximate surface area is 167 Å². The van der Waals surface area contributed by atoms with Crippen molar-refractivity contribution in [3.8, 4) is 0 Å². The van der Waals surface area contributed by atoms with Crippen LogP contribution in [-0.2, 0) is 0 Å². The van der Waals surface area contributed by atoms with E-state index in [2.05, 4.69) is 30.6 Å². The van der Waals surface area contributed by atoms with Gasteiger partial charge in [-0.05, 0) is 24.3 Å². The largest absolute Gasteiger partial charge is 0.403 e. The minimum atomic E-state index is 0.464. The van der Waals surface area contributed by atoms with E-state index in [1.807, 2.05) is 11.4 Å². The summed E-state index contributed by atoms with van der Waals surface area (Å²) < 4.78 is 1.07. The number of nitrogens with two attached hydrogens (primary N) is 1. The van der Waals surface area contributed by atoms with Crippen LogP contribution >= 0.6 is 11.3 Å². The Kier molecular flexibility index (Phi) is 5.72. The first-order valence-corrected chi connectivity index (χ1v) is 10.2. The lowest BCUT2D eigenvalue weighted by molar-refractivity contribution is 0.462. The zero-order valence-corrected chi connectivity index (χ0v) is 16.2. The lowest BCUT2D eigenvalue weighted by Crippen LogP contribution is -2.23. The maximum absolute atomic E-state index is 5.75. The number of fused-ring (bicyclic) bond motifs is 1. The molecule has 3 aromatic heterocycles. The second kappa shape index (κ2) is 8.75. The van der Waals surface area contributed by atoms with E-state index >= 15 is 0 Å². The molecule has 1 aliphatic carbocycles. The summed E-state index contributed by atoms with van der Waals surface area (Å²) in [6, 6.07) is 2.46. The fourth-order valence-corrected chi connectivity index (χ4v) is 3.99. The highest BCUT2D eigenvalue weighted by atomic mass is 32.1. The van der Waals surface area contributed by atoms with E-state index in [0.29, 0.717) is 23.4 Å². The molecule has 3 aromatic rings. The van der Waals surface area contributed by atoms with Gasteiger partial charge < -0.3 is 16.4 Å². The monoisotopic (exact) mass is 394 g/mol. The molecule has 0 aromatic carbocycles. The zero-order chi connectivity index (χ0) is 19.2. The topological polar surface area (TPSA) is 114 Å². The van der Waals surface area contributed by atoms with Crippen LogP contribution in [0.5, 0.6) is 0 Å². The molecule has 4 rings (SSSR count). The van der Waals surface area contributed by atoms with Crippen molar-refractivity contribution < 1.29 is 0 Å². The molecule has 0 atom stereocenters. The van der Waals surface area contributed by atoms with Crippen LogP contribution in [0.3, 0.4) is 0 Å². The molecule has 0 unspecified atom stereocenters. The Morgan fingerprint density at radius 1 is 1.18 bits per heavy atom. The van der Waals surface area contributed by atoms with E-state index in [-0.39, 0.29) is 0 Å². The summed E-state index contributed by atoms with van der Waals surface area (Å²) >= 11 is 1.65. The molecule has 3 heterocycles. The second-order valence-electron chi connectivity index (χ2n) is 6.61. The number of allylic oxidation sites excluding steroid dienone is 1. The summed E-state index contributed by atoms with van der Waals surface area (Å²) in [6.45, 7) is 0. The lowest BCUT2D eigenvalue weighted by Gasteiger charge is -2.23. The fraction of sp³-hybridized carbons (Fsp3) is 0.316. The van der Waals surface area contributed by atoms with Crippen LogP contribution in [0, 0.1) is 0 Å². The van der Waals surface area contributed by atoms with Gasteiger partial charge >= 0.3 is 0 Å². The molecule has 8 nitrogen and oxygen atoms in total. The number of aliphatic imine (C=N–C) groups is 1. The van der Waals surface area contributed by atoms with Crippen molar-refractivity contribution in [3.05, 3.63) is 42.1 Å². The van der Waals surface area contributed by atoms with Gasteiger partial charge in [-0.1, -0.05) is 19.3 Å². The van der Waals surface area contributed by atoms with Crippen molar-refractivity contribution in [2.75, 3.05) is 10.6 Å². The number of aromatic nitrogens is 4. The Bertz CT molecular complexity index is 976. The van der Waals surface area contributed by atoms with Crippen LogP contribution in [0.2, 0.25) is 0 Å². The second-order valence-corrected chi connectivity index (χ2v) is 7.53. The molecule has 144 valence electrons. The van der Waals surface area contributed by atoms with Crippen molar-refractivity contribution >= 4 is 45.2 Å². The average Bonchev–Trinajstić information content (AvgIpc) is 3.21. The standard InChI is InChI=1S/C19H22N8S/c20-8-14(11-23-15-9-21-12-22-10-15)25-19-26-16-6-7-28-17(16)18(27-19)24-13-4-2-1-3-5-13/h6-13H,1-5,20H2,(H2,24,25,26,27). The molecule has 1 saturated carbocycles. The number of rotatable bonds is 6. The first kappa shape index (κ1) is 18.3.